The molecule has 0 fully saturated rings. The average molecular weight is 386 g/mol. The maximum Gasteiger partial charge on any atom is 0.139 e. The average Bonchev–Trinajstić information content (AvgIpc) is 2.85. The number of alkyl halides is 1. The number of ether oxygens (including phenoxy) is 1. The molecule has 0 radical (unpaired) electrons. The zero-order valence-corrected chi connectivity index (χ0v) is 14.2. The molecule has 0 aliphatic carbocycles. The zero-order valence-electron chi connectivity index (χ0n) is 11.1. The van der Waals surface area contributed by atoms with E-state index in [0.717, 1.165) is 27.0 Å². The lowest BCUT2D eigenvalue weighted by Gasteiger charge is -2.10. The lowest BCUT2D eigenvalue weighted by molar-refractivity contribution is 0.415. The third-order valence-electron chi connectivity index (χ3n) is 3.20. The minimum absolute atomic E-state index is 0.317. The Labute approximate surface area is 140 Å². The number of hydrogen-bond acceptors (Lipinski definition) is 2. The predicted octanol–water partition coefficient (Wildman–Crippen LogP) is 5.19. The molecular formula is C15H11BrCl2N2O. The van der Waals surface area contributed by atoms with Crippen molar-refractivity contribution < 1.29 is 4.74 Å². The Kier molecular flexibility index (Phi) is 4.11. The number of halogens is 3. The number of nitrogens with zero attached hydrogens (tertiary/aromatic N) is 2. The molecule has 108 valence electrons. The van der Waals surface area contributed by atoms with Gasteiger partial charge in [0.1, 0.15) is 11.6 Å². The van der Waals surface area contributed by atoms with Crippen LogP contribution in [0, 0.1) is 0 Å². The molecule has 0 amide bonds. The van der Waals surface area contributed by atoms with E-state index in [-0.39, 0.29) is 0 Å². The molecule has 0 saturated heterocycles. The molecular weight excluding hydrogens is 375 g/mol. The Morgan fingerprint density at radius 3 is 2.76 bits per heavy atom. The molecule has 6 heteroatoms. The third-order valence-corrected chi connectivity index (χ3v) is 4.24. The standard InChI is InChI=1S/C15H11BrCl2N2O/c1-21-14-7-10(3-4-11(14)18)20-13-5-2-9(16)6-12(13)19-15(20)8-17/h2-7H,8H2,1H3. The van der Waals surface area contributed by atoms with E-state index in [0.29, 0.717) is 16.7 Å². The maximum atomic E-state index is 6.09. The van der Waals surface area contributed by atoms with E-state index in [9.17, 15) is 0 Å². The van der Waals surface area contributed by atoms with E-state index in [4.69, 9.17) is 27.9 Å². The molecule has 0 atom stereocenters. The molecule has 2 aromatic carbocycles. The van der Waals surface area contributed by atoms with E-state index in [1.807, 2.05) is 34.9 Å². The van der Waals surface area contributed by atoms with Crippen LogP contribution in [0.15, 0.2) is 40.9 Å². The Hall–Kier alpha value is -1.23. The summed E-state index contributed by atoms with van der Waals surface area (Å²) < 4.78 is 8.27. The van der Waals surface area contributed by atoms with Gasteiger partial charge in [-0.1, -0.05) is 27.5 Å². The van der Waals surface area contributed by atoms with E-state index in [2.05, 4.69) is 20.9 Å². The Balaban J connectivity index is 2.28. The minimum Gasteiger partial charge on any atom is -0.495 e. The molecule has 0 N–H and O–H groups in total. The van der Waals surface area contributed by atoms with Crippen LogP contribution in [0.25, 0.3) is 16.7 Å². The van der Waals surface area contributed by atoms with Gasteiger partial charge in [0.05, 0.1) is 34.7 Å². The molecule has 21 heavy (non-hydrogen) atoms. The van der Waals surface area contributed by atoms with E-state index in [1.165, 1.54) is 0 Å². The van der Waals surface area contributed by atoms with Gasteiger partial charge in [0.2, 0.25) is 0 Å². The first-order valence-electron chi connectivity index (χ1n) is 6.21. The fraction of sp³-hybridized carbons (Fsp3) is 0.133. The van der Waals surface area contributed by atoms with Crippen molar-refractivity contribution in [1.82, 2.24) is 9.55 Å². The van der Waals surface area contributed by atoms with E-state index >= 15 is 0 Å². The van der Waals surface area contributed by atoms with Crippen LogP contribution in [0.1, 0.15) is 5.82 Å². The van der Waals surface area contributed by atoms with Crippen molar-refractivity contribution in [2.24, 2.45) is 0 Å². The highest BCUT2D eigenvalue weighted by Gasteiger charge is 2.13. The first-order chi connectivity index (χ1) is 10.1. The lowest BCUT2D eigenvalue weighted by Crippen LogP contribution is -2.00. The molecule has 3 nitrogen and oxygen atoms in total. The van der Waals surface area contributed by atoms with Crippen LogP contribution in [-0.4, -0.2) is 16.7 Å². The van der Waals surface area contributed by atoms with Crippen molar-refractivity contribution in [3.8, 4) is 11.4 Å². The largest absolute Gasteiger partial charge is 0.495 e. The number of fused-ring (bicyclic) bond motifs is 1. The number of benzene rings is 2. The van der Waals surface area contributed by atoms with Crippen LogP contribution < -0.4 is 4.74 Å². The van der Waals surface area contributed by atoms with Crippen LogP contribution in [0.4, 0.5) is 0 Å². The van der Waals surface area contributed by atoms with Crippen molar-refractivity contribution in [2.75, 3.05) is 7.11 Å². The summed E-state index contributed by atoms with van der Waals surface area (Å²) in [5.41, 5.74) is 2.78. The fourth-order valence-corrected chi connectivity index (χ4v) is 2.99. The number of aromatic nitrogens is 2. The van der Waals surface area contributed by atoms with Gasteiger partial charge in [-0.15, -0.1) is 11.6 Å². The summed E-state index contributed by atoms with van der Waals surface area (Å²) >= 11 is 15.6. The van der Waals surface area contributed by atoms with Crippen molar-refractivity contribution in [3.63, 3.8) is 0 Å². The zero-order chi connectivity index (χ0) is 15.0. The first kappa shape index (κ1) is 14.7. The smallest absolute Gasteiger partial charge is 0.139 e. The highest BCUT2D eigenvalue weighted by Crippen LogP contribution is 2.30. The summed E-state index contributed by atoms with van der Waals surface area (Å²) in [4.78, 5) is 4.57. The van der Waals surface area contributed by atoms with Gasteiger partial charge < -0.3 is 4.74 Å². The molecule has 1 heterocycles. The molecule has 0 bridgehead atoms. The van der Waals surface area contributed by atoms with Gasteiger partial charge in [0.25, 0.3) is 0 Å². The van der Waals surface area contributed by atoms with Crippen molar-refractivity contribution in [2.45, 2.75) is 5.88 Å². The van der Waals surface area contributed by atoms with Crippen LogP contribution in [0.3, 0.4) is 0 Å². The topological polar surface area (TPSA) is 27.1 Å². The summed E-state index contributed by atoms with van der Waals surface area (Å²) in [5, 5.41) is 0.570. The Morgan fingerprint density at radius 1 is 1.24 bits per heavy atom. The molecule has 0 aliphatic rings. The quantitative estimate of drug-likeness (QED) is 0.580. The van der Waals surface area contributed by atoms with Gasteiger partial charge in [-0.3, -0.25) is 4.57 Å². The normalized spacial score (nSPS) is 11.0. The highest BCUT2D eigenvalue weighted by molar-refractivity contribution is 9.10. The van der Waals surface area contributed by atoms with Gasteiger partial charge >= 0.3 is 0 Å². The summed E-state index contributed by atoms with van der Waals surface area (Å²) in [7, 11) is 1.59. The fourth-order valence-electron chi connectivity index (χ4n) is 2.27. The molecule has 0 saturated carbocycles. The van der Waals surface area contributed by atoms with Gasteiger partial charge in [0.15, 0.2) is 0 Å². The van der Waals surface area contributed by atoms with Crippen LogP contribution >= 0.6 is 39.1 Å². The van der Waals surface area contributed by atoms with Crippen molar-refractivity contribution >= 4 is 50.2 Å². The SMILES string of the molecule is COc1cc(-n2c(CCl)nc3cc(Br)ccc32)ccc1Cl. The monoisotopic (exact) mass is 384 g/mol. The second-order valence-electron chi connectivity index (χ2n) is 4.45. The number of imidazole rings is 1. The second-order valence-corrected chi connectivity index (χ2v) is 6.04. The predicted molar refractivity (Wildman–Crippen MR) is 89.9 cm³/mol. The van der Waals surface area contributed by atoms with Crippen molar-refractivity contribution in [3.05, 3.63) is 51.7 Å². The molecule has 0 unspecified atom stereocenters. The summed E-state index contributed by atoms with van der Waals surface area (Å²) in [5.74, 6) is 1.71. The van der Waals surface area contributed by atoms with E-state index in [1.54, 1.807) is 13.2 Å². The van der Waals surface area contributed by atoms with Crippen LogP contribution in [-0.2, 0) is 5.88 Å². The van der Waals surface area contributed by atoms with Crippen molar-refractivity contribution in [1.29, 1.82) is 0 Å². The molecule has 3 rings (SSSR count). The van der Waals surface area contributed by atoms with Gasteiger partial charge in [0, 0.05) is 10.5 Å². The summed E-state index contributed by atoms with van der Waals surface area (Å²) in [6, 6.07) is 11.5. The molecule has 3 aromatic rings. The first-order valence-corrected chi connectivity index (χ1v) is 7.91. The third kappa shape index (κ3) is 2.63. The second kappa shape index (κ2) is 5.87. The van der Waals surface area contributed by atoms with Gasteiger partial charge in [-0.25, -0.2) is 4.98 Å². The number of methoxy groups -OCH3 is 1. The summed E-state index contributed by atoms with van der Waals surface area (Å²) in [6.45, 7) is 0. The Morgan fingerprint density at radius 2 is 2.05 bits per heavy atom. The van der Waals surface area contributed by atoms with Gasteiger partial charge in [-0.2, -0.15) is 0 Å². The molecule has 0 spiro atoms. The van der Waals surface area contributed by atoms with Gasteiger partial charge in [-0.05, 0) is 30.3 Å². The Bertz CT molecular complexity index is 817. The van der Waals surface area contributed by atoms with Crippen LogP contribution in [0.2, 0.25) is 5.02 Å². The van der Waals surface area contributed by atoms with Crippen LogP contribution in [0.5, 0.6) is 5.75 Å². The maximum absolute atomic E-state index is 6.09. The molecule has 1 aromatic heterocycles. The highest BCUT2D eigenvalue weighted by atomic mass is 79.9. The minimum atomic E-state index is 0.317. The lowest BCUT2D eigenvalue weighted by atomic mass is 10.2. The van der Waals surface area contributed by atoms with E-state index < -0.39 is 0 Å². The molecule has 0 aliphatic heterocycles. The number of rotatable bonds is 3. The number of hydrogen-bond donors (Lipinski definition) is 0. The summed E-state index contributed by atoms with van der Waals surface area (Å²) in [6.07, 6.45) is 0.